The number of methoxy groups -OCH3 is 2. The fourth-order valence-electron chi connectivity index (χ4n) is 2.31. The summed E-state index contributed by atoms with van der Waals surface area (Å²) >= 11 is 0. The van der Waals surface area contributed by atoms with Gasteiger partial charge in [-0.05, 0) is 17.7 Å². The molecule has 0 radical (unpaired) electrons. The fourth-order valence-corrected chi connectivity index (χ4v) is 2.31. The summed E-state index contributed by atoms with van der Waals surface area (Å²) in [6.07, 6.45) is 1.67. The molecule has 0 saturated carbocycles. The lowest BCUT2D eigenvalue weighted by atomic mass is 10.1. The van der Waals surface area contributed by atoms with Crippen LogP contribution in [0, 0.1) is 0 Å². The number of likely N-dealkylation sites (tertiary alicyclic amines) is 1. The van der Waals surface area contributed by atoms with Crippen LogP contribution in [0.4, 0.5) is 0 Å². The Balaban J connectivity index is 2.00. The van der Waals surface area contributed by atoms with Crippen molar-refractivity contribution in [2.75, 3.05) is 27.3 Å². The van der Waals surface area contributed by atoms with Crippen LogP contribution in [0.25, 0.3) is 0 Å². The molecule has 1 aromatic rings. The first-order valence-electron chi connectivity index (χ1n) is 6.40. The van der Waals surface area contributed by atoms with Gasteiger partial charge < -0.3 is 14.7 Å². The van der Waals surface area contributed by atoms with Gasteiger partial charge in [-0.25, -0.2) is 0 Å². The normalized spacial score (nSPS) is 16.2. The summed E-state index contributed by atoms with van der Waals surface area (Å²) in [5.41, 5.74) is 2.09. The molecule has 0 aliphatic carbocycles. The number of benzene rings is 1. The van der Waals surface area contributed by atoms with Gasteiger partial charge in [0.05, 0.1) is 19.9 Å². The van der Waals surface area contributed by atoms with E-state index in [1.165, 1.54) is 5.56 Å². The van der Waals surface area contributed by atoms with Gasteiger partial charge in [-0.15, -0.1) is 0 Å². The third-order valence-electron chi connectivity index (χ3n) is 3.43. The smallest absolute Gasteiger partial charge is 0.161 e. The molecule has 5 nitrogen and oxygen atoms in total. The van der Waals surface area contributed by atoms with Crippen LogP contribution in [0.15, 0.2) is 23.4 Å². The number of piperidine rings is 1. The molecule has 1 heterocycles. The first-order chi connectivity index (χ1) is 9.26. The Morgan fingerprint density at radius 1 is 1.16 bits per heavy atom. The Morgan fingerprint density at radius 2 is 1.84 bits per heavy atom. The van der Waals surface area contributed by atoms with Gasteiger partial charge in [0, 0.05) is 32.5 Å². The van der Waals surface area contributed by atoms with Gasteiger partial charge in [-0.2, -0.15) is 0 Å². The minimum Gasteiger partial charge on any atom is -0.493 e. The van der Waals surface area contributed by atoms with Gasteiger partial charge in [0.25, 0.3) is 0 Å². The van der Waals surface area contributed by atoms with Crippen LogP contribution in [0.5, 0.6) is 11.5 Å². The lowest BCUT2D eigenvalue weighted by Crippen LogP contribution is -2.33. The molecule has 0 bridgehead atoms. The predicted molar refractivity (Wildman–Crippen MR) is 73.3 cm³/mol. The Labute approximate surface area is 113 Å². The molecule has 1 aliphatic heterocycles. The van der Waals surface area contributed by atoms with Crippen LogP contribution in [0.2, 0.25) is 0 Å². The van der Waals surface area contributed by atoms with Crippen molar-refractivity contribution in [3.8, 4) is 11.5 Å². The summed E-state index contributed by atoms with van der Waals surface area (Å²) in [4.78, 5) is 2.34. The van der Waals surface area contributed by atoms with E-state index in [1.54, 1.807) is 14.2 Å². The topological polar surface area (TPSA) is 54.3 Å². The number of hydrogen-bond donors (Lipinski definition) is 1. The van der Waals surface area contributed by atoms with Crippen molar-refractivity contribution in [3.05, 3.63) is 23.8 Å². The number of ether oxygens (including phenoxy) is 2. The highest BCUT2D eigenvalue weighted by Crippen LogP contribution is 2.28. The van der Waals surface area contributed by atoms with Gasteiger partial charge in [0.1, 0.15) is 0 Å². The number of hydrogen-bond acceptors (Lipinski definition) is 5. The van der Waals surface area contributed by atoms with E-state index in [4.69, 9.17) is 14.7 Å². The average molecular weight is 264 g/mol. The summed E-state index contributed by atoms with van der Waals surface area (Å²) in [6.45, 7) is 2.72. The van der Waals surface area contributed by atoms with Gasteiger partial charge in [-0.3, -0.25) is 4.90 Å². The molecule has 104 valence electrons. The van der Waals surface area contributed by atoms with Gasteiger partial charge in [0.15, 0.2) is 11.5 Å². The third kappa shape index (κ3) is 3.38. The first-order valence-corrected chi connectivity index (χ1v) is 6.40. The molecule has 2 rings (SSSR count). The summed E-state index contributed by atoms with van der Waals surface area (Å²) in [5, 5.41) is 12.0. The monoisotopic (exact) mass is 264 g/mol. The molecule has 1 saturated heterocycles. The van der Waals surface area contributed by atoms with Crippen LogP contribution >= 0.6 is 0 Å². The Bertz CT molecular complexity index is 450. The molecule has 0 atom stereocenters. The maximum atomic E-state index is 8.73. The van der Waals surface area contributed by atoms with Crippen molar-refractivity contribution in [3.63, 3.8) is 0 Å². The number of rotatable bonds is 4. The van der Waals surface area contributed by atoms with Gasteiger partial charge >= 0.3 is 0 Å². The van der Waals surface area contributed by atoms with E-state index in [-0.39, 0.29) is 0 Å². The minimum absolute atomic E-state index is 0.750. The molecule has 1 fully saturated rings. The maximum Gasteiger partial charge on any atom is 0.161 e. The summed E-state index contributed by atoms with van der Waals surface area (Å²) < 4.78 is 10.5. The first kappa shape index (κ1) is 13.7. The Hall–Kier alpha value is -1.75. The van der Waals surface area contributed by atoms with E-state index in [0.29, 0.717) is 0 Å². The summed E-state index contributed by atoms with van der Waals surface area (Å²) in [5.74, 6) is 1.51. The molecule has 0 aromatic heterocycles. The molecule has 5 heteroatoms. The van der Waals surface area contributed by atoms with Crippen molar-refractivity contribution in [2.45, 2.75) is 19.4 Å². The highest BCUT2D eigenvalue weighted by Gasteiger charge is 2.16. The molecule has 1 N–H and O–H groups in total. The summed E-state index contributed by atoms with van der Waals surface area (Å²) in [7, 11) is 3.28. The molecule has 19 heavy (non-hydrogen) atoms. The average Bonchev–Trinajstić information content (AvgIpc) is 2.48. The van der Waals surface area contributed by atoms with E-state index in [2.05, 4.69) is 16.1 Å². The Morgan fingerprint density at radius 3 is 2.42 bits per heavy atom. The van der Waals surface area contributed by atoms with Crippen LogP contribution < -0.4 is 9.47 Å². The van der Waals surface area contributed by atoms with Gasteiger partial charge in [-0.1, -0.05) is 11.2 Å². The maximum absolute atomic E-state index is 8.73. The van der Waals surface area contributed by atoms with E-state index < -0.39 is 0 Å². The van der Waals surface area contributed by atoms with E-state index in [1.807, 2.05) is 12.1 Å². The second kappa shape index (κ2) is 6.43. The van der Waals surface area contributed by atoms with Crippen LogP contribution in [0.3, 0.4) is 0 Å². The molecule has 0 spiro atoms. The third-order valence-corrected chi connectivity index (χ3v) is 3.43. The largest absolute Gasteiger partial charge is 0.493 e. The number of nitrogens with zero attached hydrogens (tertiary/aromatic N) is 2. The van der Waals surface area contributed by atoms with Crippen molar-refractivity contribution in [1.82, 2.24) is 4.90 Å². The standard InChI is InChI=1S/C14H20N2O3/c1-18-13-4-3-11(9-14(13)19-2)10-16-7-5-12(15-17)6-8-16/h3-4,9,17H,5-8,10H2,1-2H3. The zero-order valence-electron chi connectivity index (χ0n) is 11.4. The van der Waals surface area contributed by atoms with E-state index in [0.717, 1.165) is 49.7 Å². The zero-order chi connectivity index (χ0) is 13.7. The molecule has 1 aromatic carbocycles. The van der Waals surface area contributed by atoms with Crippen molar-refractivity contribution >= 4 is 5.71 Å². The van der Waals surface area contributed by atoms with Crippen molar-refractivity contribution in [1.29, 1.82) is 0 Å². The second-order valence-corrected chi connectivity index (χ2v) is 4.63. The summed E-state index contributed by atoms with van der Waals surface area (Å²) in [6, 6.07) is 5.99. The predicted octanol–water partition coefficient (Wildman–Crippen LogP) is 2.13. The highest BCUT2D eigenvalue weighted by atomic mass is 16.5. The van der Waals surface area contributed by atoms with E-state index in [9.17, 15) is 0 Å². The quantitative estimate of drug-likeness (QED) is 0.668. The lowest BCUT2D eigenvalue weighted by molar-refractivity contribution is 0.255. The van der Waals surface area contributed by atoms with E-state index >= 15 is 0 Å². The van der Waals surface area contributed by atoms with Crippen molar-refractivity contribution in [2.24, 2.45) is 5.16 Å². The van der Waals surface area contributed by atoms with Gasteiger partial charge in [0.2, 0.25) is 0 Å². The number of oxime groups is 1. The minimum atomic E-state index is 0.750. The van der Waals surface area contributed by atoms with Crippen LogP contribution in [0.1, 0.15) is 18.4 Å². The fraction of sp³-hybridized carbons (Fsp3) is 0.500. The SMILES string of the molecule is COc1ccc(CN2CCC(=NO)CC2)cc1OC. The molecule has 1 aliphatic rings. The zero-order valence-corrected chi connectivity index (χ0v) is 11.4. The Kier molecular flexibility index (Phi) is 4.63. The van der Waals surface area contributed by atoms with Crippen molar-refractivity contribution < 1.29 is 14.7 Å². The second-order valence-electron chi connectivity index (χ2n) is 4.63. The molecular weight excluding hydrogens is 244 g/mol. The van der Waals surface area contributed by atoms with Crippen LogP contribution in [-0.2, 0) is 6.54 Å². The highest BCUT2D eigenvalue weighted by molar-refractivity contribution is 5.84. The lowest BCUT2D eigenvalue weighted by Gasteiger charge is -2.27. The molecule has 0 amide bonds. The molecular formula is C14H20N2O3. The van der Waals surface area contributed by atoms with Crippen LogP contribution in [-0.4, -0.2) is 43.1 Å². The molecule has 0 unspecified atom stereocenters.